The lowest BCUT2D eigenvalue weighted by atomic mass is 9.81. The number of piperazine rings is 1. The van der Waals surface area contributed by atoms with Gasteiger partial charge in [0.25, 0.3) is 0 Å². The summed E-state index contributed by atoms with van der Waals surface area (Å²) in [5.74, 6) is 1.37. The summed E-state index contributed by atoms with van der Waals surface area (Å²) in [4.78, 5) is 24.4. The molecule has 1 heterocycles. The lowest BCUT2D eigenvalue weighted by Crippen LogP contribution is -2.51. The van der Waals surface area contributed by atoms with Crippen molar-refractivity contribution in [3.05, 3.63) is 0 Å². The topological polar surface area (TPSA) is 49.4 Å². The van der Waals surface area contributed by atoms with E-state index in [0.29, 0.717) is 13.1 Å². The van der Waals surface area contributed by atoms with Crippen molar-refractivity contribution in [1.82, 2.24) is 10.2 Å². The van der Waals surface area contributed by atoms with Crippen molar-refractivity contribution in [3.8, 4) is 0 Å². The maximum atomic E-state index is 11.2. The monoisotopic (exact) mass is 238 g/mol. The van der Waals surface area contributed by atoms with E-state index in [1.807, 2.05) is 4.90 Å². The Hall–Kier alpha value is -0.900. The summed E-state index contributed by atoms with van der Waals surface area (Å²) in [6.07, 6.45) is 6.44. The third-order valence-electron chi connectivity index (χ3n) is 4.00. The van der Waals surface area contributed by atoms with Crippen LogP contribution in [-0.2, 0) is 9.59 Å². The molecule has 4 nitrogen and oxygen atoms in total. The highest BCUT2D eigenvalue weighted by molar-refractivity contribution is 5.99. The molecular formula is C13H22N2O2. The quantitative estimate of drug-likeness (QED) is 0.751. The molecule has 0 bridgehead atoms. The molecule has 1 saturated heterocycles. The molecule has 0 unspecified atom stereocenters. The molecule has 4 heteroatoms. The van der Waals surface area contributed by atoms with Crippen molar-refractivity contribution < 1.29 is 9.59 Å². The Morgan fingerprint density at radius 1 is 1.12 bits per heavy atom. The number of imide groups is 1. The molecule has 96 valence electrons. The van der Waals surface area contributed by atoms with Crippen LogP contribution in [0.25, 0.3) is 0 Å². The van der Waals surface area contributed by atoms with Crippen molar-refractivity contribution in [3.63, 3.8) is 0 Å². The van der Waals surface area contributed by atoms with E-state index < -0.39 is 0 Å². The van der Waals surface area contributed by atoms with E-state index >= 15 is 0 Å². The number of hydrogen-bond donors (Lipinski definition) is 1. The van der Waals surface area contributed by atoms with Gasteiger partial charge in [-0.05, 0) is 24.8 Å². The van der Waals surface area contributed by atoms with Crippen LogP contribution in [0.4, 0.5) is 0 Å². The minimum absolute atomic E-state index is 0.154. The van der Waals surface area contributed by atoms with Crippen LogP contribution < -0.4 is 5.32 Å². The van der Waals surface area contributed by atoms with E-state index in [2.05, 4.69) is 12.2 Å². The average molecular weight is 238 g/mol. The molecule has 1 saturated carbocycles. The van der Waals surface area contributed by atoms with Gasteiger partial charge in [0, 0.05) is 0 Å². The number of nitrogens with zero attached hydrogens (tertiary/aromatic N) is 1. The average Bonchev–Trinajstić information content (AvgIpc) is 2.27. The van der Waals surface area contributed by atoms with Gasteiger partial charge in [-0.15, -0.1) is 0 Å². The van der Waals surface area contributed by atoms with Gasteiger partial charge in [0.15, 0.2) is 0 Å². The third-order valence-corrected chi connectivity index (χ3v) is 4.00. The Morgan fingerprint density at radius 2 is 1.71 bits per heavy atom. The van der Waals surface area contributed by atoms with E-state index in [4.69, 9.17) is 0 Å². The van der Waals surface area contributed by atoms with E-state index in [1.165, 1.54) is 25.7 Å². The fourth-order valence-electron chi connectivity index (χ4n) is 2.84. The highest BCUT2D eigenvalue weighted by Gasteiger charge is 2.24. The fourth-order valence-corrected chi connectivity index (χ4v) is 2.84. The molecule has 1 aliphatic carbocycles. The maximum absolute atomic E-state index is 11.2. The van der Waals surface area contributed by atoms with E-state index in [1.54, 1.807) is 0 Å². The number of carbonyl (C=O) groups is 2. The van der Waals surface area contributed by atoms with Gasteiger partial charge in [-0.3, -0.25) is 19.8 Å². The molecule has 0 aromatic rings. The van der Waals surface area contributed by atoms with E-state index in [9.17, 15) is 9.59 Å². The van der Waals surface area contributed by atoms with Gasteiger partial charge in [-0.25, -0.2) is 0 Å². The first-order valence-corrected chi connectivity index (χ1v) is 6.68. The molecule has 2 rings (SSSR count). The molecule has 17 heavy (non-hydrogen) atoms. The van der Waals surface area contributed by atoms with Gasteiger partial charge < -0.3 is 0 Å². The highest BCUT2D eigenvalue weighted by atomic mass is 16.2. The van der Waals surface area contributed by atoms with Gasteiger partial charge in [0.05, 0.1) is 13.1 Å². The normalized spacial score (nSPS) is 31.4. The molecule has 0 atom stereocenters. The molecule has 0 spiro atoms. The van der Waals surface area contributed by atoms with Gasteiger partial charge in [-0.1, -0.05) is 32.6 Å². The van der Waals surface area contributed by atoms with Crippen LogP contribution in [0.3, 0.4) is 0 Å². The zero-order valence-corrected chi connectivity index (χ0v) is 10.6. The largest absolute Gasteiger partial charge is 0.294 e. The van der Waals surface area contributed by atoms with Crippen molar-refractivity contribution in [2.75, 3.05) is 19.6 Å². The van der Waals surface area contributed by atoms with Gasteiger partial charge >= 0.3 is 0 Å². The van der Waals surface area contributed by atoms with Crippen molar-refractivity contribution in [2.24, 2.45) is 11.8 Å². The summed E-state index contributed by atoms with van der Waals surface area (Å²) in [5.41, 5.74) is 0. The number of rotatable bonds is 3. The number of hydrogen-bond acceptors (Lipinski definition) is 3. The van der Waals surface area contributed by atoms with Gasteiger partial charge in [0.2, 0.25) is 11.8 Å². The lowest BCUT2D eigenvalue weighted by molar-refractivity contribution is -0.136. The van der Waals surface area contributed by atoms with Crippen LogP contribution in [0, 0.1) is 11.8 Å². The van der Waals surface area contributed by atoms with E-state index in [-0.39, 0.29) is 11.8 Å². The molecule has 1 aliphatic heterocycles. The third kappa shape index (κ3) is 3.80. The SMILES string of the molecule is CC1CCC(CCN2CC(=O)NC(=O)C2)CC1. The molecule has 2 amide bonds. The zero-order chi connectivity index (χ0) is 12.3. The second-order valence-electron chi connectivity index (χ2n) is 5.60. The summed E-state index contributed by atoms with van der Waals surface area (Å²) < 4.78 is 0. The van der Waals surface area contributed by atoms with Gasteiger partial charge in [0.1, 0.15) is 0 Å². The van der Waals surface area contributed by atoms with Crippen LogP contribution in [0.5, 0.6) is 0 Å². The number of amides is 2. The van der Waals surface area contributed by atoms with Crippen molar-refractivity contribution >= 4 is 11.8 Å². The number of nitrogens with one attached hydrogen (secondary N) is 1. The standard InChI is InChI=1S/C13H22N2O2/c1-10-2-4-11(5-3-10)6-7-15-8-12(16)14-13(17)9-15/h10-11H,2-9H2,1H3,(H,14,16,17). The molecule has 0 aromatic carbocycles. The minimum Gasteiger partial charge on any atom is -0.294 e. The van der Waals surface area contributed by atoms with Crippen LogP contribution in [0.15, 0.2) is 0 Å². The van der Waals surface area contributed by atoms with Crippen LogP contribution in [0.1, 0.15) is 39.0 Å². The molecule has 1 N–H and O–H groups in total. The Morgan fingerprint density at radius 3 is 2.29 bits per heavy atom. The predicted molar refractivity (Wildman–Crippen MR) is 65.3 cm³/mol. The van der Waals surface area contributed by atoms with Crippen molar-refractivity contribution in [1.29, 1.82) is 0 Å². The Labute approximate surface area is 103 Å². The van der Waals surface area contributed by atoms with E-state index in [0.717, 1.165) is 24.8 Å². The maximum Gasteiger partial charge on any atom is 0.240 e. The summed E-state index contributed by atoms with van der Waals surface area (Å²) in [7, 11) is 0. The first kappa shape index (κ1) is 12.6. The summed E-state index contributed by atoms with van der Waals surface area (Å²) in [6.45, 7) is 3.98. The second kappa shape index (κ2) is 5.63. The first-order chi connectivity index (χ1) is 8.13. The lowest BCUT2D eigenvalue weighted by Gasteiger charge is -2.30. The Bertz CT molecular complexity index is 280. The summed E-state index contributed by atoms with van der Waals surface area (Å²) in [5, 5.41) is 2.33. The molecule has 2 aliphatic rings. The Kier molecular flexibility index (Phi) is 4.15. The van der Waals surface area contributed by atoms with Gasteiger partial charge in [-0.2, -0.15) is 0 Å². The second-order valence-corrected chi connectivity index (χ2v) is 5.60. The van der Waals surface area contributed by atoms with Crippen LogP contribution >= 0.6 is 0 Å². The summed E-state index contributed by atoms with van der Waals surface area (Å²) >= 11 is 0. The van der Waals surface area contributed by atoms with Crippen molar-refractivity contribution in [2.45, 2.75) is 39.0 Å². The minimum atomic E-state index is -0.154. The molecule has 2 fully saturated rings. The number of carbonyl (C=O) groups excluding carboxylic acids is 2. The smallest absolute Gasteiger partial charge is 0.240 e. The fraction of sp³-hybridized carbons (Fsp3) is 0.846. The predicted octanol–water partition coefficient (Wildman–Crippen LogP) is 1.16. The Balaban J connectivity index is 1.71. The molecular weight excluding hydrogens is 216 g/mol. The first-order valence-electron chi connectivity index (χ1n) is 6.68. The summed E-state index contributed by atoms with van der Waals surface area (Å²) in [6, 6.07) is 0. The highest BCUT2D eigenvalue weighted by Crippen LogP contribution is 2.30. The molecule has 0 radical (unpaired) electrons. The van der Waals surface area contributed by atoms with Crippen LogP contribution in [0.2, 0.25) is 0 Å². The zero-order valence-electron chi connectivity index (χ0n) is 10.6. The van der Waals surface area contributed by atoms with Crippen LogP contribution in [-0.4, -0.2) is 36.3 Å². The molecule has 0 aromatic heterocycles.